The number of carbonyl (C=O) groups is 3. The number of rotatable bonds is 6. The highest BCUT2D eigenvalue weighted by Crippen LogP contribution is 2.51. The zero-order chi connectivity index (χ0) is 22.4. The molecule has 0 spiro atoms. The van der Waals surface area contributed by atoms with Crippen molar-refractivity contribution in [1.82, 2.24) is 20.0 Å². The molecule has 0 saturated carbocycles. The molecular weight excluding hydrogens is 422 g/mol. The first-order chi connectivity index (χ1) is 14.7. The topological polar surface area (TPSA) is 137 Å². The van der Waals surface area contributed by atoms with Crippen LogP contribution in [0.5, 0.6) is 0 Å². The third-order valence-corrected chi connectivity index (χ3v) is 8.31. The van der Waals surface area contributed by atoms with Gasteiger partial charge in [0.05, 0.1) is 30.4 Å². The highest BCUT2D eigenvalue weighted by atomic mass is 32.2. The number of carboxylic acids is 1. The number of aliphatic hydroxyl groups excluding tert-OH is 1. The van der Waals surface area contributed by atoms with Gasteiger partial charge in [0.1, 0.15) is 5.70 Å². The van der Waals surface area contributed by atoms with Crippen LogP contribution in [0.25, 0.3) is 0 Å². The Morgan fingerprint density at radius 2 is 1.97 bits per heavy atom. The highest BCUT2D eigenvalue weighted by molar-refractivity contribution is 8.03. The minimum atomic E-state index is -1.13. The fourth-order valence-corrected chi connectivity index (χ4v) is 6.61. The summed E-state index contributed by atoms with van der Waals surface area (Å²) in [6.45, 7) is 6.56. The van der Waals surface area contributed by atoms with Gasteiger partial charge in [-0.2, -0.15) is 0 Å². The van der Waals surface area contributed by atoms with Crippen LogP contribution >= 0.6 is 11.8 Å². The van der Waals surface area contributed by atoms with Crippen molar-refractivity contribution in [2.24, 2.45) is 11.8 Å². The van der Waals surface area contributed by atoms with Crippen LogP contribution in [0.3, 0.4) is 0 Å². The van der Waals surface area contributed by atoms with Crippen molar-refractivity contribution in [2.75, 3.05) is 32.7 Å². The number of β-lactam (4-membered cyclic amide) rings is 1. The molecule has 4 rings (SSSR count). The molecule has 4 aliphatic rings. The van der Waals surface area contributed by atoms with Gasteiger partial charge in [0.25, 0.3) is 0 Å². The fraction of sp³-hybridized carbons (Fsp3) is 0.700. The first kappa shape index (κ1) is 22.1. The normalized spacial score (nSPS) is 34.0. The van der Waals surface area contributed by atoms with E-state index in [4.69, 9.17) is 5.41 Å². The SMILES string of the molecule is C[C@@H](O)[C@H]1C(=O)N2C(C(=O)O)=C(S[C@@H]3CN[C@H](C(=O)N4CCN(C=N)CC4)C3)[C@H](C)[C@H]12. The van der Waals surface area contributed by atoms with Crippen molar-refractivity contribution >= 4 is 35.9 Å². The van der Waals surface area contributed by atoms with Crippen molar-refractivity contribution in [1.29, 1.82) is 5.41 Å². The molecule has 2 amide bonds. The number of nitrogens with one attached hydrogen (secondary N) is 2. The minimum Gasteiger partial charge on any atom is -0.477 e. The Hall–Kier alpha value is -2.11. The summed E-state index contributed by atoms with van der Waals surface area (Å²) in [6, 6.07) is -0.628. The van der Waals surface area contributed by atoms with E-state index in [9.17, 15) is 24.6 Å². The van der Waals surface area contributed by atoms with Crippen molar-refractivity contribution in [3.05, 3.63) is 10.6 Å². The van der Waals surface area contributed by atoms with E-state index < -0.39 is 18.0 Å². The Bertz CT molecular complexity index is 825. The lowest BCUT2D eigenvalue weighted by atomic mass is 9.79. The molecule has 4 heterocycles. The molecule has 10 nitrogen and oxygen atoms in total. The molecule has 31 heavy (non-hydrogen) atoms. The number of hydrogen-bond donors (Lipinski definition) is 4. The molecule has 0 aromatic rings. The summed E-state index contributed by atoms with van der Waals surface area (Å²) in [4.78, 5) is 43.0. The quantitative estimate of drug-likeness (QED) is 0.238. The Morgan fingerprint density at radius 1 is 1.29 bits per heavy atom. The third-order valence-electron chi connectivity index (χ3n) is 6.80. The average molecular weight is 452 g/mol. The van der Waals surface area contributed by atoms with Crippen LogP contribution in [0.15, 0.2) is 10.6 Å². The number of amides is 2. The first-order valence-corrected chi connectivity index (χ1v) is 11.5. The summed E-state index contributed by atoms with van der Waals surface area (Å²) in [6.07, 6.45) is 1.07. The van der Waals surface area contributed by atoms with Crippen molar-refractivity contribution in [3.8, 4) is 0 Å². The van der Waals surface area contributed by atoms with Gasteiger partial charge in [-0.25, -0.2) is 4.79 Å². The molecule has 0 aromatic heterocycles. The highest BCUT2D eigenvalue weighted by Gasteiger charge is 2.60. The van der Waals surface area contributed by atoms with Gasteiger partial charge >= 0.3 is 5.97 Å². The van der Waals surface area contributed by atoms with Gasteiger partial charge in [0.2, 0.25) is 11.8 Å². The largest absolute Gasteiger partial charge is 0.477 e. The lowest BCUT2D eigenvalue weighted by Gasteiger charge is -2.46. The zero-order valence-electron chi connectivity index (χ0n) is 17.7. The monoisotopic (exact) mass is 451 g/mol. The van der Waals surface area contributed by atoms with E-state index in [1.54, 1.807) is 6.92 Å². The molecule has 3 saturated heterocycles. The predicted molar refractivity (Wildman–Crippen MR) is 114 cm³/mol. The summed E-state index contributed by atoms with van der Waals surface area (Å²) >= 11 is 1.45. The third kappa shape index (κ3) is 3.72. The van der Waals surface area contributed by atoms with Crippen molar-refractivity contribution in [2.45, 2.75) is 43.7 Å². The van der Waals surface area contributed by atoms with Crippen LogP contribution < -0.4 is 5.32 Å². The van der Waals surface area contributed by atoms with Crippen LogP contribution in [-0.4, -0.2) is 105 Å². The molecule has 3 fully saturated rings. The molecule has 4 aliphatic heterocycles. The summed E-state index contributed by atoms with van der Waals surface area (Å²) < 4.78 is 0. The Labute approximate surface area is 185 Å². The molecule has 0 unspecified atom stereocenters. The minimum absolute atomic E-state index is 0.0296. The number of aliphatic hydroxyl groups is 1. The van der Waals surface area contributed by atoms with Crippen molar-refractivity contribution in [3.63, 3.8) is 0 Å². The standard InChI is InChI=1S/C20H29N5O5S/c1-10-15-14(11(2)26)19(28)25(15)16(20(29)30)17(10)31-12-7-13(22-8-12)18(27)24-5-3-23(9-21)4-6-24/h9-15,21-22,26H,3-8H2,1-2H3,(H,29,30)/t10-,11-,12+,13+,14-,15-/m1/s1. The number of nitrogens with zero attached hydrogens (tertiary/aromatic N) is 3. The van der Waals surface area contributed by atoms with Gasteiger partial charge in [0, 0.05) is 48.8 Å². The van der Waals surface area contributed by atoms with E-state index in [1.165, 1.54) is 23.0 Å². The molecule has 0 radical (unpaired) electrons. The second kappa shape index (κ2) is 8.44. The van der Waals surface area contributed by atoms with Gasteiger partial charge in [-0.05, 0) is 13.3 Å². The predicted octanol–water partition coefficient (Wildman–Crippen LogP) is -0.645. The average Bonchev–Trinajstić information content (AvgIpc) is 3.29. The zero-order valence-corrected chi connectivity index (χ0v) is 18.5. The van der Waals surface area contributed by atoms with E-state index >= 15 is 0 Å². The van der Waals surface area contributed by atoms with Gasteiger partial charge in [-0.1, -0.05) is 6.92 Å². The Balaban J connectivity index is 1.42. The van der Waals surface area contributed by atoms with Crippen LogP contribution in [0.4, 0.5) is 0 Å². The summed E-state index contributed by atoms with van der Waals surface area (Å²) in [5, 5.41) is 30.4. The number of aliphatic carboxylic acids is 1. The molecule has 0 bridgehead atoms. The second-order valence-electron chi connectivity index (χ2n) is 8.70. The van der Waals surface area contributed by atoms with Gasteiger partial charge in [0.15, 0.2) is 0 Å². The summed E-state index contributed by atoms with van der Waals surface area (Å²) in [7, 11) is 0. The number of fused-ring (bicyclic) bond motifs is 1. The van der Waals surface area contributed by atoms with Crippen LogP contribution in [-0.2, 0) is 14.4 Å². The van der Waals surface area contributed by atoms with Crippen molar-refractivity contribution < 1.29 is 24.6 Å². The second-order valence-corrected chi connectivity index (χ2v) is 10.0. The lowest BCUT2D eigenvalue weighted by Crippen LogP contribution is -2.63. The van der Waals surface area contributed by atoms with Crippen LogP contribution in [0, 0.1) is 17.2 Å². The van der Waals surface area contributed by atoms with Gasteiger partial charge < -0.3 is 30.2 Å². The fourth-order valence-electron chi connectivity index (χ4n) is 5.13. The Morgan fingerprint density at radius 3 is 2.55 bits per heavy atom. The smallest absolute Gasteiger partial charge is 0.353 e. The molecule has 0 aromatic carbocycles. The number of hydrogen-bond acceptors (Lipinski definition) is 7. The van der Waals surface area contributed by atoms with E-state index in [2.05, 4.69) is 5.32 Å². The van der Waals surface area contributed by atoms with E-state index in [-0.39, 0.29) is 40.8 Å². The molecule has 4 N–H and O–H groups in total. The first-order valence-electron chi connectivity index (χ1n) is 10.7. The number of piperazine rings is 1. The van der Waals surface area contributed by atoms with E-state index in [1.807, 2.05) is 16.7 Å². The Kier molecular flexibility index (Phi) is 6.01. The molecule has 170 valence electrons. The number of carboxylic acid groups (broad SMARTS) is 1. The maximum Gasteiger partial charge on any atom is 0.353 e. The van der Waals surface area contributed by atoms with E-state index in [0.29, 0.717) is 44.0 Å². The summed E-state index contributed by atoms with van der Waals surface area (Å²) in [5.41, 5.74) is 0.0296. The van der Waals surface area contributed by atoms with Gasteiger partial charge in [-0.15, -0.1) is 11.8 Å². The molecule has 11 heteroatoms. The molecular formula is C20H29N5O5S. The van der Waals surface area contributed by atoms with Crippen LogP contribution in [0.2, 0.25) is 0 Å². The number of carbonyl (C=O) groups excluding carboxylic acids is 2. The lowest BCUT2D eigenvalue weighted by molar-refractivity contribution is -0.163. The van der Waals surface area contributed by atoms with Gasteiger partial charge in [-0.3, -0.25) is 15.0 Å². The van der Waals surface area contributed by atoms with Crippen LogP contribution in [0.1, 0.15) is 20.3 Å². The van der Waals surface area contributed by atoms with E-state index in [0.717, 1.165) is 0 Å². The molecule has 6 atom stereocenters. The maximum atomic E-state index is 12.9. The molecule has 0 aliphatic carbocycles. The summed E-state index contributed by atoms with van der Waals surface area (Å²) in [5.74, 6) is -2.15. The maximum absolute atomic E-state index is 12.9. The number of thioether (sulfide) groups is 1.